The molecule has 1 fully saturated rings. The van der Waals surface area contributed by atoms with Crippen molar-refractivity contribution < 1.29 is 4.79 Å². The first kappa shape index (κ1) is 18.8. The molecule has 6 heteroatoms. The first-order valence-electron chi connectivity index (χ1n) is 10.6. The molecule has 2 aromatic heterocycles. The Labute approximate surface area is 175 Å². The van der Waals surface area contributed by atoms with Gasteiger partial charge in [0.05, 0.1) is 22.1 Å². The van der Waals surface area contributed by atoms with E-state index in [1.165, 1.54) is 0 Å². The Hall–Kier alpha value is -3.25. The number of benzene rings is 2. The van der Waals surface area contributed by atoms with E-state index in [2.05, 4.69) is 32.3 Å². The predicted molar refractivity (Wildman–Crippen MR) is 119 cm³/mol. The van der Waals surface area contributed by atoms with Gasteiger partial charge in [0.2, 0.25) is 0 Å². The average molecular weight is 399 g/mol. The van der Waals surface area contributed by atoms with Crippen molar-refractivity contribution in [2.24, 2.45) is 0 Å². The molecule has 1 aliphatic rings. The van der Waals surface area contributed by atoms with Gasteiger partial charge in [0.1, 0.15) is 5.82 Å². The highest BCUT2D eigenvalue weighted by Crippen LogP contribution is 2.27. The normalized spacial score (nSPS) is 15.6. The lowest BCUT2D eigenvalue weighted by Crippen LogP contribution is -2.39. The van der Waals surface area contributed by atoms with E-state index in [1.807, 2.05) is 42.5 Å². The number of aromatic nitrogens is 3. The van der Waals surface area contributed by atoms with Gasteiger partial charge < -0.3 is 15.2 Å². The summed E-state index contributed by atoms with van der Waals surface area (Å²) in [5.74, 6) is 1.52. The minimum Gasteiger partial charge on any atom is -0.351 e. The van der Waals surface area contributed by atoms with Crippen LogP contribution in [0.25, 0.3) is 21.9 Å². The molecular weight excluding hydrogens is 374 g/mol. The summed E-state index contributed by atoms with van der Waals surface area (Å²) < 4.78 is 0. The zero-order valence-corrected chi connectivity index (χ0v) is 16.8. The van der Waals surface area contributed by atoms with Gasteiger partial charge in [-0.2, -0.15) is 0 Å². The third-order valence-electron chi connectivity index (χ3n) is 5.95. The van der Waals surface area contributed by atoms with Gasteiger partial charge in [-0.3, -0.25) is 9.78 Å². The fourth-order valence-electron chi connectivity index (χ4n) is 4.22. The minimum absolute atomic E-state index is 0.0644. The molecular formula is C24H25N5O. The van der Waals surface area contributed by atoms with Gasteiger partial charge in [-0.25, -0.2) is 4.98 Å². The molecule has 0 bridgehead atoms. The molecule has 1 aliphatic heterocycles. The van der Waals surface area contributed by atoms with Gasteiger partial charge in [0, 0.05) is 30.6 Å². The van der Waals surface area contributed by atoms with E-state index >= 15 is 0 Å². The minimum atomic E-state index is -0.0644. The number of rotatable bonds is 5. The molecule has 0 unspecified atom stereocenters. The van der Waals surface area contributed by atoms with Crippen LogP contribution in [0.3, 0.4) is 0 Å². The maximum Gasteiger partial charge on any atom is 0.252 e. The highest BCUT2D eigenvalue weighted by molar-refractivity contribution is 5.97. The summed E-state index contributed by atoms with van der Waals surface area (Å²) in [7, 11) is 0. The molecule has 0 atom stereocenters. The second-order valence-electron chi connectivity index (χ2n) is 7.93. The Balaban J connectivity index is 1.11. The maximum absolute atomic E-state index is 12.5. The van der Waals surface area contributed by atoms with Crippen LogP contribution in [0, 0.1) is 0 Å². The van der Waals surface area contributed by atoms with Crippen molar-refractivity contribution in [2.75, 3.05) is 26.2 Å². The summed E-state index contributed by atoms with van der Waals surface area (Å²) in [4.78, 5) is 27.5. The van der Waals surface area contributed by atoms with Crippen molar-refractivity contribution in [2.45, 2.75) is 18.8 Å². The fraction of sp³-hybridized carbons (Fsp3) is 0.292. The number of fused-ring (bicyclic) bond motifs is 2. The predicted octanol–water partition coefficient (Wildman–Crippen LogP) is 3.72. The molecule has 1 amide bonds. The first-order chi connectivity index (χ1) is 14.8. The summed E-state index contributed by atoms with van der Waals surface area (Å²) in [5.41, 5.74) is 3.67. The van der Waals surface area contributed by atoms with Gasteiger partial charge in [-0.05, 0) is 50.2 Å². The van der Waals surface area contributed by atoms with Crippen molar-refractivity contribution in [1.29, 1.82) is 0 Å². The van der Waals surface area contributed by atoms with Gasteiger partial charge in [0.15, 0.2) is 0 Å². The topological polar surface area (TPSA) is 73.9 Å². The summed E-state index contributed by atoms with van der Waals surface area (Å²) in [6, 6.07) is 17.9. The molecule has 152 valence electrons. The molecule has 0 spiro atoms. The highest BCUT2D eigenvalue weighted by Gasteiger charge is 2.23. The SMILES string of the molecule is O=C(NCCN1CCC(c2nc3ccccc3[nH]2)CC1)c1cnc2ccccc2c1. The molecule has 3 heterocycles. The Bertz CT molecular complexity index is 1140. The van der Waals surface area contributed by atoms with E-state index in [1.54, 1.807) is 6.20 Å². The molecule has 4 aromatic rings. The van der Waals surface area contributed by atoms with E-state index in [4.69, 9.17) is 4.98 Å². The first-order valence-corrected chi connectivity index (χ1v) is 10.6. The van der Waals surface area contributed by atoms with Crippen molar-refractivity contribution in [3.8, 4) is 0 Å². The highest BCUT2D eigenvalue weighted by atomic mass is 16.1. The number of amides is 1. The molecule has 0 radical (unpaired) electrons. The van der Waals surface area contributed by atoms with Crippen molar-refractivity contribution in [3.05, 3.63) is 72.2 Å². The number of aromatic amines is 1. The number of nitrogens with zero attached hydrogens (tertiary/aromatic N) is 3. The lowest BCUT2D eigenvalue weighted by molar-refractivity contribution is 0.0945. The molecule has 5 rings (SSSR count). The summed E-state index contributed by atoms with van der Waals surface area (Å²) in [6.07, 6.45) is 3.82. The van der Waals surface area contributed by atoms with E-state index in [-0.39, 0.29) is 5.91 Å². The average Bonchev–Trinajstić information content (AvgIpc) is 3.23. The lowest BCUT2D eigenvalue weighted by atomic mass is 9.96. The second-order valence-corrected chi connectivity index (χ2v) is 7.93. The van der Waals surface area contributed by atoms with Crippen LogP contribution in [0.15, 0.2) is 60.8 Å². The van der Waals surface area contributed by atoms with Crippen LogP contribution in [0.5, 0.6) is 0 Å². The van der Waals surface area contributed by atoms with E-state index < -0.39 is 0 Å². The van der Waals surface area contributed by atoms with Crippen LogP contribution >= 0.6 is 0 Å². The second kappa shape index (κ2) is 8.24. The number of carbonyl (C=O) groups is 1. The third kappa shape index (κ3) is 3.91. The molecule has 1 saturated heterocycles. The van der Waals surface area contributed by atoms with Crippen molar-refractivity contribution in [3.63, 3.8) is 0 Å². The van der Waals surface area contributed by atoms with Crippen LogP contribution in [0.1, 0.15) is 34.9 Å². The number of nitrogens with one attached hydrogen (secondary N) is 2. The number of carbonyl (C=O) groups excluding carboxylic acids is 1. The summed E-state index contributed by atoms with van der Waals surface area (Å²) in [5, 5.41) is 4.02. The molecule has 2 aromatic carbocycles. The number of imidazole rings is 1. The van der Waals surface area contributed by atoms with Crippen molar-refractivity contribution in [1.82, 2.24) is 25.2 Å². The van der Waals surface area contributed by atoms with Crippen LogP contribution in [-0.4, -0.2) is 51.9 Å². The Morgan fingerprint density at radius 2 is 1.83 bits per heavy atom. The lowest BCUT2D eigenvalue weighted by Gasteiger charge is -2.31. The molecule has 2 N–H and O–H groups in total. The van der Waals surface area contributed by atoms with Crippen LogP contribution < -0.4 is 5.32 Å². The van der Waals surface area contributed by atoms with Crippen molar-refractivity contribution >= 4 is 27.8 Å². The van der Waals surface area contributed by atoms with Gasteiger partial charge in [-0.15, -0.1) is 0 Å². The standard InChI is InChI=1S/C24H25N5O/c30-24(19-15-18-5-1-2-6-20(18)26-16-19)25-11-14-29-12-9-17(10-13-29)23-27-21-7-3-4-8-22(21)28-23/h1-8,15-17H,9-14H2,(H,25,30)(H,27,28). The van der Waals surface area contributed by atoms with Gasteiger partial charge in [-0.1, -0.05) is 30.3 Å². The number of likely N-dealkylation sites (tertiary alicyclic amines) is 1. The Kier molecular flexibility index (Phi) is 5.15. The number of pyridine rings is 1. The molecule has 6 nitrogen and oxygen atoms in total. The number of para-hydroxylation sites is 3. The largest absolute Gasteiger partial charge is 0.351 e. The Morgan fingerprint density at radius 1 is 1.07 bits per heavy atom. The number of H-pyrrole nitrogens is 1. The third-order valence-corrected chi connectivity index (χ3v) is 5.95. The zero-order chi connectivity index (χ0) is 20.3. The quantitative estimate of drug-likeness (QED) is 0.536. The number of hydrogen-bond donors (Lipinski definition) is 2. The van der Waals surface area contributed by atoms with Crippen LogP contribution in [0.2, 0.25) is 0 Å². The molecule has 0 aliphatic carbocycles. The molecule has 0 saturated carbocycles. The number of piperidine rings is 1. The maximum atomic E-state index is 12.5. The smallest absolute Gasteiger partial charge is 0.252 e. The monoisotopic (exact) mass is 399 g/mol. The van der Waals surface area contributed by atoms with Crippen LogP contribution in [-0.2, 0) is 0 Å². The number of hydrogen-bond acceptors (Lipinski definition) is 4. The molecule has 30 heavy (non-hydrogen) atoms. The Morgan fingerprint density at radius 3 is 2.67 bits per heavy atom. The van der Waals surface area contributed by atoms with E-state index in [9.17, 15) is 4.79 Å². The van der Waals surface area contributed by atoms with E-state index in [0.29, 0.717) is 18.0 Å². The van der Waals surface area contributed by atoms with Crippen LogP contribution in [0.4, 0.5) is 0 Å². The summed E-state index contributed by atoms with van der Waals surface area (Å²) >= 11 is 0. The van der Waals surface area contributed by atoms with E-state index in [0.717, 1.165) is 60.2 Å². The van der Waals surface area contributed by atoms with Gasteiger partial charge >= 0.3 is 0 Å². The zero-order valence-electron chi connectivity index (χ0n) is 16.8. The fourth-order valence-corrected chi connectivity index (χ4v) is 4.22. The summed E-state index contributed by atoms with van der Waals surface area (Å²) in [6.45, 7) is 3.55. The van der Waals surface area contributed by atoms with Gasteiger partial charge in [0.25, 0.3) is 5.91 Å².